The van der Waals surface area contributed by atoms with Crippen LogP contribution in [0.5, 0.6) is 0 Å². The third-order valence-corrected chi connectivity index (χ3v) is 6.62. The third-order valence-electron chi connectivity index (χ3n) is 6.62. The lowest BCUT2D eigenvalue weighted by molar-refractivity contribution is -0.120. The van der Waals surface area contributed by atoms with Gasteiger partial charge in [0.15, 0.2) is 0 Å². The number of methoxy groups -OCH3 is 1. The molecule has 1 rings (SSSR count). The van der Waals surface area contributed by atoms with Crippen molar-refractivity contribution in [3.05, 3.63) is 35.4 Å². The molecule has 5 nitrogen and oxygen atoms in total. The molecule has 1 aromatic rings. The number of carbonyl (C=O) groups excluding carboxylic acids is 1. The number of hydrogen-bond donors (Lipinski definition) is 0. The van der Waals surface area contributed by atoms with Gasteiger partial charge in [0.2, 0.25) is 0 Å². The lowest BCUT2D eigenvalue weighted by atomic mass is 9.93. The molecule has 0 bridgehead atoms. The maximum absolute atomic E-state index is 11.6. The molecule has 0 saturated carbocycles. The molecule has 0 radical (unpaired) electrons. The van der Waals surface area contributed by atoms with Gasteiger partial charge in [-0.05, 0) is 102 Å². The minimum Gasteiger partial charge on any atom is -0.385 e. The quantitative estimate of drug-likeness (QED) is 0.127. The van der Waals surface area contributed by atoms with Crippen molar-refractivity contribution in [1.82, 2.24) is 0 Å². The van der Waals surface area contributed by atoms with Crippen LogP contribution in [0.4, 0.5) is 0 Å². The number of benzene rings is 1. The van der Waals surface area contributed by atoms with Crippen LogP contribution in [0.25, 0.3) is 0 Å². The Balaban J connectivity index is 1.82. The summed E-state index contributed by atoms with van der Waals surface area (Å²) in [6.07, 6.45) is 14.1. The van der Waals surface area contributed by atoms with E-state index < -0.39 is 0 Å². The van der Waals surface area contributed by atoms with Crippen LogP contribution in [0, 0.1) is 5.92 Å². The second-order valence-electron chi connectivity index (χ2n) is 9.85. The Bertz CT molecular complexity index is 616. The number of rotatable bonds is 26. The summed E-state index contributed by atoms with van der Waals surface area (Å²) >= 11 is 0. The Morgan fingerprint density at radius 3 is 1.47 bits per heavy atom. The molecular formula is C31H54O5. The number of aryl methyl sites for hydroxylation is 1. The topological polar surface area (TPSA) is 54.0 Å². The predicted octanol–water partition coefficient (Wildman–Crippen LogP) is 6.98. The van der Waals surface area contributed by atoms with Gasteiger partial charge in [-0.25, -0.2) is 0 Å². The van der Waals surface area contributed by atoms with Crippen LogP contribution < -0.4 is 0 Å². The van der Waals surface area contributed by atoms with E-state index in [1.807, 2.05) is 0 Å². The van der Waals surface area contributed by atoms with Crippen LogP contribution >= 0.6 is 0 Å². The second-order valence-corrected chi connectivity index (χ2v) is 9.85. The summed E-state index contributed by atoms with van der Waals surface area (Å²) in [4.78, 5) is 11.6. The molecule has 0 amide bonds. The Kier molecular flexibility index (Phi) is 21.9. The van der Waals surface area contributed by atoms with Gasteiger partial charge in [0, 0.05) is 59.3 Å². The predicted molar refractivity (Wildman–Crippen MR) is 149 cm³/mol. The van der Waals surface area contributed by atoms with Crippen molar-refractivity contribution in [1.29, 1.82) is 0 Å². The Morgan fingerprint density at radius 2 is 1.06 bits per heavy atom. The molecule has 208 valence electrons. The van der Waals surface area contributed by atoms with Crippen molar-refractivity contribution in [2.75, 3.05) is 53.4 Å². The first kappa shape index (κ1) is 32.8. The zero-order chi connectivity index (χ0) is 26.1. The third kappa shape index (κ3) is 18.9. The number of hydrogen-bond acceptors (Lipinski definition) is 5. The molecule has 0 fully saturated rings. The molecule has 1 atom stereocenters. The van der Waals surface area contributed by atoms with E-state index in [0.29, 0.717) is 5.78 Å². The fourth-order valence-electron chi connectivity index (χ4n) is 4.18. The van der Waals surface area contributed by atoms with E-state index in [0.717, 1.165) is 110 Å². The smallest absolute Gasteiger partial charge is 0.133 e. The monoisotopic (exact) mass is 506 g/mol. The lowest BCUT2D eigenvalue weighted by Crippen LogP contribution is -2.12. The molecule has 0 aliphatic heterocycles. The van der Waals surface area contributed by atoms with Gasteiger partial charge in [-0.3, -0.25) is 4.79 Å². The summed E-state index contributed by atoms with van der Waals surface area (Å²) in [5.74, 6) is 0.442. The van der Waals surface area contributed by atoms with Gasteiger partial charge in [-0.1, -0.05) is 31.2 Å². The molecule has 0 heterocycles. The fourth-order valence-corrected chi connectivity index (χ4v) is 4.18. The molecular weight excluding hydrogens is 452 g/mol. The maximum Gasteiger partial charge on any atom is 0.133 e. The minimum absolute atomic E-state index is 0.151. The zero-order valence-corrected chi connectivity index (χ0v) is 23.6. The van der Waals surface area contributed by atoms with Gasteiger partial charge in [-0.2, -0.15) is 0 Å². The summed E-state index contributed by atoms with van der Waals surface area (Å²) < 4.78 is 22.3. The first-order valence-electron chi connectivity index (χ1n) is 14.5. The zero-order valence-electron chi connectivity index (χ0n) is 23.6. The lowest BCUT2D eigenvalue weighted by Gasteiger charge is -2.11. The second kappa shape index (κ2) is 24.1. The highest BCUT2D eigenvalue weighted by Gasteiger charge is 2.12. The summed E-state index contributed by atoms with van der Waals surface area (Å²) in [6, 6.07) is 8.74. The largest absolute Gasteiger partial charge is 0.385 e. The number of Topliss-reactive ketones (excluding diaryl/α,β-unsaturated/α-hetero) is 1. The van der Waals surface area contributed by atoms with Crippen LogP contribution in [0.2, 0.25) is 0 Å². The van der Waals surface area contributed by atoms with Gasteiger partial charge in [0.1, 0.15) is 5.78 Å². The van der Waals surface area contributed by atoms with E-state index in [1.165, 1.54) is 30.4 Å². The normalized spacial score (nSPS) is 12.2. The van der Waals surface area contributed by atoms with Gasteiger partial charge in [0.25, 0.3) is 0 Å². The molecule has 0 N–H and O–H groups in total. The van der Waals surface area contributed by atoms with E-state index in [2.05, 4.69) is 31.2 Å². The summed E-state index contributed by atoms with van der Waals surface area (Å²) in [5.41, 5.74) is 2.60. The SMILES string of the molecule is CC[C@@H](Cc1ccc(CCCOCCCCCOCCCCCOCCCCCOC)cc1)C(C)=O. The Hall–Kier alpha value is -1.27. The average Bonchev–Trinajstić information content (AvgIpc) is 2.88. The van der Waals surface area contributed by atoms with Crippen LogP contribution in [0.1, 0.15) is 95.6 Å². The summed E-state index contributed by atoms with van der Waals surface area (Å²) in [5, 5.41) is 0. The first-order chi connectivity index (χ1) is 17.7. The molecule has 36 heavy (non-hydrogen) atoms. The van der Waals surface area contributed by atoms with Gasteiger partial charge < -0.3 is 18.9 Å². The van der Waals surface area contributed by atoms with E-state index in [9.17, 15) is 4.79 Å². The first-order valence-corrected chi connectivity index (χ1v) is 14.5. The number of ether oxygens (including phenoxy) is 4. The van der Waals surface area contributed by atoms with Crippen molar-refractivity contribution in [2.45, 2.75) is 97.3 Å². The highest BCUT2D eigenvalue weighted by molar-refractivity contribution is 5.78. The average molecular weight is 507 g/mol. The highest BCUT2D eigenvalue weighted by atomic mass is 16.5. The van der Waals surface area contributed by atoms with E-state index in [4.69, 9.17) is 18.9 Å². The Labute approximate surface area is 221 Å². The van der Waals surface area contributed by atoms with Crippen LogP contribution in [0.15, 0.2) is 24.3 Å². The van der Waals surface area contributed by atoms with Crippen LogP contribution in [-0.2, 0) is 36.6 Å². The van der Waals surface area contributed by atoms with Crippen LogP contribution in [-0.4, -0.2) is 59.1 Å². The summed E-state index contributed by atoms with van der Waals surface area (Å²) in [7, 11) is 1.75. The summed E-state index contributed by atoms with van der Waals surface area (Å²) in [6.45, 7) is 9.78. The van der Waals surface area contributed by atoms with Gasteiger partial charge in [0.05, 0.1) is 0 Å². The molecule has 1 aromatic carbocycles. The van der Waals surface area contributed by atoms with E-state index in [1.54, 1.807) is 14.0 Å². The Morgan fingerprint density at radius 1 is 0.639 bits per heavy atom. The maximum atomic E-state index is 11.6. The number of unbranched alkanes of at least 4 members (excludes halogenated alkanes) is 6. The fraction of sp³-hybridized carbons (Fsp3) is 0.774. The van der Waals surface area contributed by atoms with E-state index >= 15 is 0 Å². The van der Waals surface area contributed by atoms with Crippen molar-refractivity contribution < 1.29 is 23.7 Å². The van der Waals surface area contributed by atoms with Crippen molar-refractivity contribution >= 4 is 5.78 Å². The molecule has 0 aliphatic carbocycles. The van der Waals surface area contributed by atoms with Crippen LogP contribution in [0.3, 0.4) is 0 Å². The standard InChI is InChI=1S/C31H54O5/c1-4-31(28(2)32)27-30-18-16-29(17-19-30)15-14-26-36-25-13-7-12-24-35-23-11-6-10-22-34-21-9-5-8-20-33-3/h16-19,31H,4-15,20-27H2,1-3H3/t31-/m0/s1. The number of carbonyl (C=O) groups is 1. The molecule has 0 aliphatic rings. The van der Waals surface area contributed by atoms with Crippen molar-refractivity contribution in [2.24, 2.45) is 5.92 Å². The number of ketones is 1. The highest BCUT2D eigenvalue weighted by Crippen LogP contribution is 2.15. The minimum atomic E-state index is 0.151. The van der Waals surface area contributed by atoms with E-state index in [-0.39, 0.29) is 5.92 Å². The van der Waals surface area contributed by atoms with Gasteiger partial charge in [-0.15, -0.1) is 0 Å². The van der Waals surface area contributed by atoms with Gasteiger partial charge >= 0.3 is 0 Å². The molecule has 0 saturated heterocycles. The van der Waals surface area contributed by atoms with Crippen molar-refractivity contribution in [3.63, 3.8) is 0 Å². The van der Waals surface area contributed by atoms with Crippen molar-refractivity contribution in [3.8, 4) is 0 Å². The molecule has 0 aromatic heterocycles. The molecule has 0 spiro atoms. The molecule has 5 heteroatoms. The molecule has 0 unspecified atom stereocenters.